The van der Waals surface area contributed by atoms with Gasteiger partial charge in [0, 0.05) is 36.5 Å². The van der Waals surface area contributed by atoms with E-state index in [1.54, 1.807) is 24.4 Å². The molecule has 1 fully saturated rings. The normalized spacial score (nSPS) is 16.1. The standard InChI is InChI=1S/C22H22N4O2/c27-20-9-5-4-8-17(20)14-21(28)24-18-11-13-26(15-18)22-23-12-10-19(25-22)16-6-2-1-3-7-16/h1-10,12,18,27H,11,13-15H2,(H,24,28). The van der Waals surface area contributed by atoms with Crippen LogP contribution in [0.3, 0.4) is 0 Å². The molecule has 2 aromatic carbocycles. The highest BCUT2D eigenvalue weighted by Crippen LogP contribution is 2.21. The Morgan fingerprint density at radius 3 is 2.71 bits per heavy atom. The average Bonchev–Trinajstić information content (AvgIpc) is 3.19. The van der Waals surface area contributed by atoms with Crippen LogP contribution in [0, 0.1) is 0 Å². The number of aromatic hydroxyl groups is 1. The van der Waals surface area contributed by atoms with Gasteiger partial charge in [-0.2, -0.15) is 0 Å². The number of nitrogens with one attached hydrogen (secondary N) is 1. The van der Waals surface area contributed by atoms with Crippen LogP contribution in [0.25, 0.3) is 11.3 Å². The second-order valence-electron chi connectivity index (χ2n) is 6.91. The van der Waals surface area contributed by atoms with Gasteiger partial charge in [0.05, 0.1) is 12.1 Å². The summed E-state index contributed by atoms with van der Waals surface area (Å²) in [5.74, 6) is 0.739. The molecule has 3 aromatic rings. The summed E-state index contributed by atoms with van der Waals surface area (Å²) in [6, 6.07) is 18.9. The van der Waals surface area contributed by atoms with E-state index >= 15 is 0 Å². The molecular weight excluding hydrogens is 352 g/mol. The van der Waals surface area contributed by atoms with E-state index < -0.39 is 0 Å². The third-order valence-electron chi connectivity index (χ3n) is 4.89. The van der Waals surface area contributed by atoms with E-state index in [0.29, 0.717) is 18.1 Å². The van der Waals surface area contributed by atoms with Crippen molar-refractivity contribution in [2.45, 2.75) is 18.9 Å². The van der Waals surface area contributed by atoms with Gasteiger partial charge in [-0.15, -0.1) is 0 Å². The third-order valence-corrected chi connectivity index (χ3v) is 4.89. The number of phenols is 1. The van der Waals surface area contributed by atoms with Gasteiger partial charge in [0.2, 0.25) is 11.9 Å². The number of para-hydroxylation sites is 1. The molecule has 0 radical (unpaired) electrons. The molecule has 2 N–H and O–H groups in total. The lowest BCUT2D eigenvalue weighted by molar-refractivity contribution is -0.121. The molecule has 1 aliphatic heterocycles. The lowest BCUT2D eigenvalue weighted by Crippen LogP contribution is -2.38. The van der Waals surface area contributed by atoms with Gasteiger partial charge < -0.3 is 15.3 Å². The first-order valence-corrected chi connectivity index (χ1v) is 9.39. The van der Waals surface area contributed by atoms with Gasteiger partial charge in [0.15, 0.2) is 0 Å². The van der Waals surface area contributed by atoms with Crippen molar-refractivity contribution in [3.8, 4) is 17.0 Å². The van der Waals surface area contributed by atoms with Crippen LogP contribution in [-0.4, -0.2) is 40.1 Å². The molecule has 1 amide bonds. The molecule has 1 aromatic heterocycles. The predicted molar refractivity (Wildman–Crippen MR) is 108 cm³/mol. The predicted octanol–water partition coefficient (Wildman–Crippen LogP) is 2.79. The fraction of sp³-hybridized carbons (Fsp3) is 0.227. The lowest BCUT2D eigenvalue weighted by atomic mass is 10.1. The van der Waals surface area contributed by atoms with E-state index in [1.807, 2.05) is 42.5 Å². The van der Waals surface area contributed by atoms with Gasteiger partial charge in [-0.3, -0.25) is 4.79 Å². The van der Waals surface area contributed by atoms with Gasteiger partial charge >= 0.3 is 0 Å². The number of anilines is 1. The Morgan fingerprint density at radius 1 is 1.11 bits per heavy atom. The van der Waals surface area contributed by atoms with E-state index in [2.05, 4.69) is 20.2 Å². The molecule has 0 spiro atoms. The van der Waals surface area contributed by atoms with E-state index in [9.17, 15) is 9.90 Å². The number of aromatic nitrogens is 2. The molecule has 4 rings (SSSR count). The largest absolute Gasteiger partial charge is 0.508 e. The summed E-state index contributed by atoms with van der Waals surface area (Å²) in [6.07, 6.45) is 2.78. The van der Waals surface area contributed by atoms with Crippen molar-refractivity contribution in [2.24, 2.45) is 0 Å². The van der Waals surface area contributed by atoms with Crippen molar-refractivity contribution in [1.82, 2.24) is 15.3 Å². The summed E-state index contributed by atoms with van der Waals surface area (Å²) < 4.78 is 0. The first kappa shape index (κ1) is 18.0. The van der Waals surface area contributed by atoms with Crippen LogP contribution in [0.15, 0.2) is 66.9 Å². The highest BCUT2D eigenvalue weighted by Gasteiger charge is 2.26. The Labute approximate surface area is 163 Å². The molecule has 1 saturated heterocycles. The zero-order chi connectivity index (χ0) is 19.3. The van der Waals surface area contributed by atoms with Crippen LogP contribution in [0.4, 0.5) is 5.95 Å². The van der Waals surface area contributed by atoms with Crippen LogP contribution in [0.5, 0.6) is 5.75 Å². The maximum absolute atomic E-state index is 12.3. The number of nitrogens with zero attached hydrogens (tertiary/aromatic N) is 3. The fourth-order valence-electron chi connectivity index (χ4n) is 3.44. The number of benzene rings is 2. The smallest absolute Gasteiger partial charge is 0.225 e. The molecule has 28 heavy (non-hydrogen) atoms. The second kappa shape index (κ2) is 8.08. The summed E-state index contributed by atoms with van der Waals surface area (Å²) in [7, 11) is 0. The topological polar surface area (TPSA) is 78.4 Å². The Hall–Kier alpha value is -3.41. The van der Waals surface area contributed by atoms with Crippen LogP contribution < -0.4 is 10.2 Å². The van der Waals surface area contributed by atoms with Crippen LogP contribution in [0.1, 0.15) is 12.0 Å². The van der Waals surface area contributed by atoms with Crippen molar-refractivity contribution >= 4 is 11.9 Å². The van der Waals surface area contributed by atoms with Crippen LogP contribution >= 0.6 is 0 Å². The number of phenolic OH excluding ortho intramolecular Hbond substituents is 1. The van der Waals surface area contributed by atoms with E-state index in [-0.39, 0.29) is 24.1 Å². The van der Waals surface area contributed by atoms with Gasteiger partial charge in [-0.25, -0.2) is 9.97 Å². The number of amides is 1. The molecule has 1 unspecified atom stereocenters. The van der Waals surface area contributed by atoms with Crippen molar-refractivity contribution in [3.05, 3.63) is 72.4 Å². The number of carbonyl (C=O) groups excluding carboxylic acids is 1. The number of hydrogen-bond donors (Lipinski definition) is 2. The third kappa shape index (κ3) is 4.11. The quantitative estimate of drug-likeness (QED) is 0.718. The summed E-state index contributed by atoms with van der Waals surface area (Å²) in [4.78, 5) is 23.5. The second-order valence-corrected chi connectivity index (χ2v) is 6.91. The van der Waals surface area contributed by atoms with Gasteiger partial charge in [-0.05, 0) is 18.6 Å². The Balaban J connectivity index is 1.38. The zero-order valence-corrected chi connectivity index (χ0v) is 15.5. The van der Waals surface area contributed by atoms with Gasteiger partial charge in [-0.1, -0.05) is 48.5 Å². The molecule has 6 nitrogen and oxygen atoms in total. The first-order valence-electron chi connectivity index (χ1n) is 9.39. The van der Waals surface area contributed by atoms with Crippen molar-refractivity contribution in [1.29, 1.82) is 0 Å². The monoisotopic (exact) mass is 374 g/mol. The average molecular weight is 374 g/mol. The molecule has 2 heterocycles. The Bertz CT molecular complexity index is 962. The van der Waals surface area contributed by atoms with Gasteiger partial charge in [0.1, 0.15) is 5.75 Å². The van der Waals surface area contributed by atoms with Crippen molar-refractivity contribution in [2.75, 3.05) is 18.0 Å². The first-order chi connectivity index (χ1) is 13.7. The summed E-state index contributed by atoms with van der Waals surface area (Å²) in [5, 5.41) is 12.9. The number of rotatable bonds is 5. The molecule has 1 atom stereocenters. The fourth-order valence-corrected chi connectivity index (χ4v) is 3.44. The molecule has 0 saturated carbocycles. The highest BCUT2D eigenvalue weighted by molar-refractivity contribution is 5.79. The Kier molecular flexibility index (Phi) is 5.19. The minimum Gasteiger partial charge on any atom is -0.508 e. The minimum atomic E-state index is -0.0905. The summed E-state index contributed by atoms with van der Waals surface area (Å²) in [5.41, 5.74) is 2.57. The zero-order valence-electron chi connectivity index (χ0n) is 15.5. The number of hydrogen-bond acceptors (Lipinski definition) is 5. The molecule has 6 heteroatoms. The van der Waals surface area contributed by atoms with Crippen molar-refractivity contribution < 1.29 is 9.90 Å². The maximum Gasteiger partial charge on any atom is 0.225 e. The van der Waals surface area contributed by atoms with Gasteiger partial charge in [0.25, 0.3) is 0 Å². The summed E-state index contributed by atoms with van der Waals surface area (Å²) in [6.45, 7) is 1.46. The summed E-state index contributed by atoms with van der Waals surface area (Å²) >= 11 is 0. The van der Waals surface area contributed by atoms with E-state index in [0.717, 1.165) is 24.2 Å². The van der Waals surface area contributed by atoms with E-state index in [4.69, 9.17) is 0 Å². The Morgan fingerprint density at radius 2 is 1.89 bits per heavy atom. The molecular formula is C22H22N4O2. The van der Waals surface area contributed by atoms with E-state index in [1.165, 1.54) is 0 Å². The van der Waals surface area contributed by atoms with Crippen LogP contribution in [-0.2, 0) is 11.2 Å². The molecule has 0 bridgehead atoms. The molecule has 142 valence electrons. The lowest BCUT2D eigenvalue weighted by Gasteiger charge is -2.17. The molecule has 1 aliphatic rings. The maximum atomic E-state index is 12.3. The molecule has 0 aliphatic carbocycles. The van der Waals surface area contributed by atoms with Crippen molar-refractivity contribution in [3.63, 3.8) is 0 Å². The van der Waals surface area contributed by atoms with Crippen LogP contribution in [0.2, 0.25) is 0 Å². The highest BCUT2D eigenvalue weighted by atomic mass is 16.3. The minimum absolute atomic E-state index is 0.0438. The number of carbonyl (C=O) groups is 1. The SMILES string of the molecule is O=C(Cc1ccccc1O)NC1CCN(c2nccc(-c3ccccc3)n2)C1.